The smallest absolute Gasteiger partial charge is 0.0562 e. The molecule has 2 heteroatoms. The third-order valence-corrected chi connectivity index (χ3v) is 9.60. The van der Waals surface area contributed by atoms with Crippen LogP contribution in [0.25, 0.3) is 60.9 Å². The predicted molar refractivity (Wildman–Crippen MR) is 212 cm³/mol. The number of para-hydroxylation sites is 2. The second kappa shape index (κ2) is 12.8. The van der Waals surface area contributed by atoms with Crippen LogP contribution in [0.15, 0.2) is 206 Å². The molecule has 9 rings (SSSR count). The lowest BCUT2D eigenvalue weighted by Gasteiger charge is -2.26. The van der Waals surface area contributed by atoms with Gasteiger partial charge in [0.1, 0.15) is 0 Å². The summed E-state index contributed by atoms with van der Waals surface area (Å²) in [6, 6.07) is 74.0. The van der Waals surface area contributed by atoms with Crippen molar-refractivity contribution in [1.82, 2.24) is 4.57 Å². The highest BCUT2D eigenvalue weighted by Gasteiger charge is 2.20. The van der Waals surface area contributed by atoms with Crippen LogP contribution in [-0.4, -0.2) is 4.57 Å². The summed E-state index contributed by atoms with van der Waals surface area (Å²) in [5, 5.41) is 2.47. The van der Waals surface area contributed by atoms with Crippen molar-refractivity contribution in [3.8, 4) is 39.1 Å². The van der Waals surface area contributed by atoms with Gasteiger partial charge in [-0.15, -0.1) is 0 Å². The number of aromatic nitrogens is 1. The first kappa shape index (κ1) is 29.5. The van der Waals surface area contributed by atoms with E-state index < -0.39 is 0 Å². The summed E-state index contributed by atoms with van der Waals surface area (Å²) in [4.78, 5) is 2.35. The SMILES string of the molecule is c1ccc(-c2ccc(N(c3ccccc3)c3ccc4c5c(-c6ccccc6-c6ccccc6)cccc5n(-c5ccccc5)c4c3)cc2)cc1. The molecule has 2 nitrogen and oxygen atoms in total. The Kier molecular flexibility index (Phi) is 7.53. The van der Waals surface area contributed by atoms with Gasteiger partial charge in [0.2, 0.25) is 0 Å². The molecule has 0 aliphatic rings. The van der Waals surface area contributed by atoms with Crippen molar-refractivity contribution in [1.29, 1.82) is 0 Å². The molecule has 0 radical (unpaired) electrons. The molecule has 0 saturated heterocycles. The van der Waals surface area contributed by atoms with Gasteiger partial charge in [0.25, 0.3) is 0 Å². The first-order valence-corrected chi connectivity index (χ1v) is 17.1. The minimum atomic E-state index is 1.10. The van der Waals surface area contributed by atoms with E-state index in [1.807, 2.05) is 0 Å². The summed E-state index contributed by atoms with van der Waals surface area (Å²) >= 11 is 0. The number of rotatable bonds is 7. The monoisotopic (exact) mass is 638 g/mol. The maximum atomic E-state index is 2.42. The van der Waals surface area contributed by atoms with E-state index in [2.05, 4.69) is 216 Å². The molecular weight excluding hydrogens is 605 g/mol. The summed E-state index contributed by atoms with van der Waals surface area (Å²) < 4.78 is 2.42. The first-order valence-electron chi connectivity index (χ1n) is 17.1. The highest BCUT2D eigenvalue weighted by atomic mass is 15.1. The van der Waals surface area contributed by atoms with Gasteiger partial charge in [-0.3, -0.25) is 0 Å². The molecule has 1 heterocycles. The van der Waals surface area contributed by atoms with Crippen LogP contribution in [0.5, 0.6) is 0 Å². The number of nitrogens with zero attached hydrogens (tertiary/aromatic N) is 2. The molecule has 1 aromatic heterocycles. The van der Waals surface area contributed by atoms with E-state index in [-0.39, 0.29) is 0 Å². The van der Waals surface area contributed by atoms with Gasteiger partial charge in [0, 0.05) is 33.5 Å². The number of anilines is 3. The molecule has 0 amide bonds. The van der Waals surface area contributed by atoms with Crippen molar-refractivity contribution in [3.63, 3.8) is 0 Å². The molecule has 236 valence electrons. The van der Waals surface area contributed by atoms with Crippen molar-refractivity contribution in [2.45, 2.75) is 0 Å². The third-order valence-electron chi connectivity index (χ3n) is 9.60. The largest absolute Gasteiger partial charge is 0.310 e. The molecule has 0 atom stereocenters. The minimum Gasteiger partial charge on any atom is -0.310 e. The summed E-state index contributed by atoms with van der Waals surface area (Å²) in [6.07, 6.45) is 0. The van der Waals surface area contributed by atoms with E-state index >= 15 is 0 Å². The Labute approximate surface area is 292 Å². The third kappa shape index (κ3) is 5.24. The van der Waals surface area contributed by atoms with Crippen molar-refractivity contribution in [2.24, 2.45) is 0 Å². The molecule has 0 bridgehead atoms. The predicted octanol–water partition coefficient (Wildman–Crippen LogP) is 13.3. The Morgan fingerprint density at radius 2 is 0.840 bits per heavy atom. The number of fused-ring (bicyclic) bond motifs is 3. The molecular formula is C48H34N2. The summed E-state index contributed by atoms with van der Waals surface area (Å²) in [5.41, 5.74) is 14.1. The van der Waals surface area contributed by atoms with E-state index in [1.54, 1.807) is 0 Å². The molecule has 0 aliphatic carbocycles. The normalized spacial score (nSPS) is 11.2. The quantitative estimate of drug-likeness (QED) is 0.169. The number of hydrogen-bond donors (Lipinski definition) is 0. The van der Waals surface area contributed by atoms with Crippen molar-refractivity contribution in [2.75, 3.05) is 4.90 Å². The number of benzene rings is 8. The van der Waals surface area contributed by atoms with Crippen molar-refractivity contribution >= 4 is 38.9 Å². The maximum Gasteiger partial charge on any atom is 0.0562 e. The Bertz CT molecular complexity index is 2550. The lowest BCUT2D eigenvalue weighted by atomic mass is 9.92. The average molecular weight is 639 g/mol. The Hall–Kier alpha value is -6.64. The van der Waals surface area contributed by atoms with Gasteiger partial charge in [0.15, 0.2) is 0 Å². The van der Waals surface area contributed by atoms with Crippen LogP contribution in [0.4, 0.5) is 17.1 Å². The van der Waals surface area contributed by atoms with Gasteiger partial charge >= 0.3 is 0 Å². The van der Waals surface area contributed by atoms with Gasteiger partial charge in [0.05, 0.1) is 11.0 Å². The molecule has 0 aliphatic heterocycles. The zero-order chi connectivity index (χ0) is 33.3. The van der Waals surface area contributed by atoms with Crippen molar-refractivity contribution < 1.29 is 0 Å². The average Bonchev–Trinajstić information content (AvgIpc) is 3.54. The number of hydrogen-bond acceptors (Lipinski definition) is 1. The molecule has 9 aromatic rings. The minimum absolute atomic E-state index is 1.10. The molecule has 0 saturated carbocycles. The summed E-state index contributed by atoms with van der Waals surface area (Å²) in [5.74, 6) is 0. The maximum absolute atomic E-state index is 2.42. The Morgan fingerprint density at radius 3 is 1.54 bits per heavy atom. The fourth-order valence-corrected chi connectivity index (χ4v) is 7.32. The Morgan fingerprint density at radius 1 is 0.320 bits per heavy atom. The fourth-order valence-electron chi connectivity index (χ4n) is 7.32. The van der Waals surface area contributed by atoms with Crippen LogP contribution in [0.2, 0.25) is 0 Å². The first-order chi connectivity index (χ1) is 24.8. The second-order valence-corrected chi connectivity index (χ2v) is 12.6. The van der Waals surface area contributed by atoms with Crippen molar-refractivity contribution in [3.05, 3.63) is 206 Å². The fraction of sp³-hybridized carbons (Fsp3) is 0. The highest BCUT2D eigenvalue weighted by Crippen LogP contribution is 2.44. The topological polar surface area (TPSA) is 8.17 Å². The second-order valence-electron chi connectivity index (χ2n) is 12.6. The van der Waals surface area contributed by atoms with E-state index in [0.29, 0.717) is 0 Å². The summed E-state index contributed by atoms with van der Waals surface area (Å²) in [6.45, 7) is 0. The Balaban J connectivity index is 1.28. The van der Waals surface area contributed by atoms with Gasteiger partial charge in [-0.1, -0.05) is 152 Å². The van der Waals surface area contributed by atoms with Crippen LogP contribution in [0.3, 0.4) is 0 Å². The molecule has 0 spiro atoms. The summed E-state index contributed by atoms with van der Waals surface area (Å²) in [7, 11) is 0. The van der Waals surface area contributed by atoms with Gasteiger partial charge in [-0.25, -0.2) is 0 Å². The van der Waals surface area contributed by atoms with Crippen LogP contribution >= 0.6 is 0 Å². The van der Waals surface area contributed by atoms with E-state index in [1.165, 1.54) is 49.7 Å². The lowest BCUT2D eigenvalue weighted by molar-refractivity contribution is 1.18. The molecule has 0 N–H and O–H groups in total. The van der Waals surface area contributed by atoms with Gasteiger partial charge in [-0.2, -0.15) is 0 Å². The molecule has 0 fully saturated rings. The zero-order valence-electron chi connectivity index (χ0n) is 27.5. The zero-order valence-corrected chi connectivity index (χ0v) is 27.5. The van der Waals surface area contributed by atoms with Crippen LogP contribution < -0.4 is 4.90 Å². The highest BCUT2D eigenvalue weighted by molar-refractivity contribution is 6.17. The van der Waals surface area contributed by atoms with Gasteiger partial charge in [-0.05, 0) is 88.0 Å². The van der Waals surface area contributed by atoms with E-state index in [0.717, 1.165) is 28.3 Å². The molecule has 8 aromatic carbocycles. The standard InChI is InChI=1S/C48H34N2/c1-5-16-35(17-6-1)36-28-30-40(31-29-36)49(38-20-9-3-10-21-38)41-32-33-45-47(34-41)50(39-22-11-4-12-23-39)46-27-15-26-44(48(45)46)43-25-14-13-24-42(43)37-18-7-2-8-19-37/h1-34H. The van der Waals surface area contributed by atoms with Crippen LogP contribution in [0.1, 0.15) is 0 Å². The van der Waals surface area contributed by atoms with E-state index in [4.69, 9.17) is 0 Å². The van der Waals surface area contributed by atoms with Crippen LogP contribution in [-0.2, 0) is 0 Å². The van der Waals surface area contributed by atoms with Crippen LogP contribution in [0, 0.1) is 0 Å². The molecule has 50 heavy (non-hydrogen) atoms. The van der Waals surface area contributed by atoms with E-state index in [9.17, 15) is 0 Å². The lowest BCUT2D eigenvalue weighted by Crippen LogP contribution is -2.10. The van der Waals surface area contributed by atoms with Gasteiger partial charge < -0.3 is 9.47 Å². The molecule has 0 unspecified atom stereocenters.